The monoisotopic (exact) mass is 214 g/mol. The van der Waals surface area contributed by atoms with Crippen molar-refractivity contribution in [2.45, 2.75) is 32.4 Å². The smallest absolute Gasteiger partial charge is 0.307 e. The highest BCUT2D eigenvalue weighted by atomic mass is 16.4. The minimum absolute atomic E-state index is 0.281. The van der Waals surface area contributed by atoms with Gasteiger partial charge in [0.15, 0.2) is 0 Å². The van der Waals surface area contributed by atoms with Crippen LogP contribution in [0.15, 0.2) is 0 Å². The van der Waals surface area contributed by atoms with Crippen molar-refractivity contribution in [2.75, 3.05) is 27.2 Å². The van der Waals surface area contributed by atoms with Crippen LogP contribution in [0.2, 0.25) is 0 Å². The van der Waals surface area contributed by atoms with Gasteiger partial charge in [0.2, 0.25) is 0 Å². The molecule has 1 N–H and O–H groups in total. The average molecular weight is 214 g/mol. The largest absolute Gasteiger partial charge is 0.481 e. The summed E-state index contributed by atoms with van der Waals surface area (Å²) in [5.74, 6) is -0.988. The molecule has 4 nitrogen and oxygen atoms in total. The van der Waals surface area contributed by atoms with E-state index in [1.165, 1.54) is 0 Å². The highest BCUT2D eigenvalue weighted by Gasteiger charge is 2.30. The van der Waals surface area contributed by atoms with Crippen molar-refractivity contribution >= 4 is 5.97 Å². The zero-order valence-corrected chi connectivity index (χ0v) is 10.1. The van der Waals surface area contributed by atoms with Crippen LogP contribution in [0.1, 0.15) is 20.3 Å². The second kappa shape index (κ2) is 4.94. The maximum atomic E-state index is 10.7. The van der Waals surface area contributed by atoms with Crippen LogP contribution in [-0.4, -0.2) is 60.1 Å². The Bertz CT molecular complexity index is 223. The molecular formula is C11H22N2O2. The fourth-order valence-electron chi connectivity index (χ4n) is 2.14. The Labute approximate surface area is 91.9 Å². The van der Waals surface area contributed by atoms with E-state index in [-0.39, 0.29) is 5.92 Å². The molecule has 1 heterocycles. The summed E-state index contributed by atoms with van der Waals surface area (Å²) in [7, 11) is 4.15. The maximum absolute atomic E-state index is 10.7. The third-order valence-corrected chi connectivity index (χ3v) is 3.47. The fourth-order valence-corrected chi connectivity index (χ4v) is 2.14. The number of carboxylic acid groups (broad SMARTS) is 1. The summed E-state index contributed by atoms with van der Waals surface area (Å²) in [6, 6.07) is 1.12. The Kier molecular flexibility index (Phi) is 4.11. The van der Waals surface area contributed by atoms with E-state index in [0.717, 1.165) is 13.0 Å². The van der Waals surface area contributed by atoms with Crippen LogP contribution in [-0.2, 0) is 4.79 Å². The van der Waals surface area contributed by atoms with Gasteiger partial charge in [-0.25, -0.2) is 0 Å². The Balaban J connectivity index is 2.41. The predicted octanol–water partition coefficient (Wildman–Crippen LogP) is 0.731. The summed E-state index contributed by atoms with van der Waals surface area (Å²) in [6.07, 6.45) is 1.14. The van der Waals surface area contributed by atoms with Gasteiger partial charge in [-0.3, -0.25) is 4.79 Å². The van der Waals surface area contributed by atoms with Gasteiger partial charge in [0.25, 0.3) is 0 Å². The summed E-state index contributed by atoms with van der Waals surface area (Å²) >= 11 is 0. The van der Waals surface area contributed by atoms with E-state index >= 15 is 0 Å². The predicted molar refractivity (Wildman–Crippen MR) is 59.9 cm³/mol. The molecule has 1 saturated heterocycles. The number of aliphatic carboxylic acids is 1. The summed E-state index contributed by atoms with van der Waals surface area (Å²) < 4.78 is 0. The van der Waals surface area contributed by atoms with Gasteiger partial charge in [0.1, 0.15) is 0 Å². The number of likely N-dealkylation sites (N-methyl/N-ethyl adjacent to an activating group) is 2. The second-order valence-electron chi connectivity index (χ2n) is 4.86. The number of carbonyl (C=O) groups is 1. The van der Waals surface area contributed by atoms with Gasteiger partial charge in [0, 0.05) is 25.2 Å². The molecular weight excluding hydrogens is 192 g/mol. The van der Waals surface area contributed by atoms with E-state index in [1.54, 1.807) is 6.92 Å². The summed E-state index contributed by atoms with van der Waals surface area (Å²) in [5, 5.41) is 8.84. The van der Waals surface area contributed by atoms with Gasteiger partial charge in [0.05, 0.1) is 5.92 Å². The van der Waals surface area contributed by atoms with Crippen LogP contribution < -0.4 is 0 Å². The van der Waals surface area contributed by atoms with Crippen LogP contribution in [0.4, 0.5) is 0 Å². The Morgan fingerprint density at radius 2 is 2.27 bits per heavy atom. The van der Waals surface area contributed by atoms with Gasteiger partial charge in [-0.15, -0.1) is 0 Å². The van der Waals surface area contributed by atoms with Crippen LogP contribution in [0.3, 0.4) is 0 Å². The average Bonchev–Trinajstić information content (AvgIpc) is 2.46. The van der Waals surface area contributed by atoms with E-state index in [2.05, 4.69) is 23.8 Å². The minimum Gasteiger partial charge on any atom is -0.481 e. The van der Waals surface area contributed by atoms with Gasteiger partial charge in [-0.1, -0.05) is 6.92 Å². The summed E-state index contributed by atoms with van der Waals surface area (Å²) in [6.45, 7) is 5.67. The van der Waals surface area contributed by atoms with Gasteiger partial charge < -0.3 is 14.9 Å². The van der Waals surface area contributed by atoms with E-state index in [9.17, 15) is 4.79 Å². The molecule has 3 unspecified atom stereocenters. The first-order valence-electron chi connectivity index (χ1n) is 5.55. The van der Waals surface area contributed by atoms with Gasteiger partial charge in [-0.2, -0.15) is 0 Å². The van der Waals surface area contributed by atoms with Crippen molar-refractivity contribution in [3.05, 3.63) is 0 Å². The van der Waals surface area contributed by atoms with Crippen LogP contribution >= 0.6 is 0 Å². The lowest BCUT2D eigenvalue weighted by atomic mass is 10.1. The number of nitrogens with zero attached hydrogens (tertiary/aromatic N) is 2. The van der Waals surface area contributed by atoms with Crippen molar-refractivity contribution in [3.8, 4) is 0 Å². The van der Waals surface area contributed by atoms with Crippen molar-refractivity contribution in [2.24, 2.45) is 5.92 Å². The highest BCUT2D eigenvalue weighted by Crippen LogP contribution is 2.19. The van der Waals surface area contributed by atoms with Crippen LogP contribution in [0, 0.1) is 5.92 Å². The standard InChI is InChI=1S/C11H22N2O2/c1-8(11(14)15)6-13(4)10-5-9(2)12(3)7-10/h8-10H,5-7H2,1-4H3,(H,14,15). The zero-order chi connectivity index (χ0) is 11.6. The Morgan fingerprint density at radius 1 is 1.67 bits per heavy atom. The molecule has 1 fully saturated rings. The minimum atomic E-state index is -0.707. The first kappa shape index (κ1) is 12.5. The number of hydrogen-bond donors (Lipinski definition) is 1. The molecule has 88 valence electrons. The number of rotatable bonds is 4. The molecule has 0 radical (unpaired) electrons. The molecule has 0 saturated carbocycles. The summed E-state index contributed by atoms with van der Waals surface area (Å²) in [5.41, 5.74) is 0. The Hall–Kier alpha value is -0.610. The molecule has 3 atom stereocenters. The van der Waals surface area contributed by atoms with E-state index in [4.69, 9.17) is 5.11 Å². The van der Waals surface area contributed by atoms with Gasteiger partial charge >= 0.3 is 5.97 Å². The quantitative estimate of drug-likeness (QED) is 0.749. The molecule has 0 bridgehead atoms. The molecule has 0 spiro atoms. The van der Waals surface area contributed by atoms with E-state index in [1.807, 2.05) is 7.05 Å². The van der Waals surface area contributed by atoms with Crippen LogP contribution in [0.5, 0.6) is 0 Å². The molecule has 0 aromatic rings. The van der Waals surface area contributed by atoms with Gasteiger partial charge in [-0.05, 0) is 27.4 Å². The third-order valence-electron chi connectivity index (χ3n) is 3.47. The summed E-state index contributed by atoms with van der Waals surface area (Å²) in [4.78, 5) is 15.2. The van der Waals surface area contributed by atoms with Crippen molar-refractivity contribution in [3.63, 3.8) is 0 Å². The van der Waals surface area contributed by atoms with Crippen LogP contribution in [0.25, 0.3) is 0 Å². The van der Waals surface area contributed by atoms with Crippen molar-refractivity contribution in [1.82, 2.24) is 9.80 Å². The number of hydrogen-bond acceptors (Lipinski definition) is 3. The SMILES string of the molecule is CC(CN(C)C1CC(C)N(C)C1)C(=O)O. The highest BCUT2D eigenvalue weighted by molar-refractivity contribution is 5.69. The van der Waals surface area contributed by atoms with E-state index in [0.29, 0.717) is 18.6 Å². The molecule has 1 rings (SSSR count). The molecule has 4 heteroatoms. The molecule has 0 amide bonds. The number of carboxylic acids is 1. The molecule has 0 aromatic heterocycles. The molecule has 0 aromatic carbocycles. The van der Waals surface area contributed by atoms with Crippen molar-refractivity contribution in [1.29, 1.82) is 0 Å². The normalized spacial score (nSPS) is 29.7. The number of likely N-dealkylation sites (tertiary alicyclic amines) is 1. The lowest BCUT2D eigenvalue weighted by molar-refractivity contribution is -0.141. The zero-order valence-electron chi connectivity index (χ0n) is 10.1. The first-order chi connectivity index (χ1) is 6.91. The molecule has 0 aliphatic carbocycles. The first-order valence-corrected chi connectivity index (χ1v) is 5.55. The van der Waals surface area contributed by atoms with Crippen molar-refractivity contribution < 1.29 is 9.90 Å². The lowest BCUT2D eigenvalue weighted by Crippen LogP contribution is -2.38. The third kappa shape index (κ3) is 3.18. The maximum Gasteiger partial charge on any atom is 0.307 e. The second-order valence-corrected chi connectivity index (χ2v) is 4.86. The van der Waals surface area contributed by atoms with E-state index < -0.39 is 5.97 Å². The topological polar surface area (TPSA) is 43.8 Å². The fraction of sp³-hybridized carbons (Fsp3) is 0.909. The molecule has 15 heavy (non-hydrogen) atoms. The Morgan fingerprint density at radius 3 is 2.67 bits per heavy atom. The lowest BCUT2D eigenvalue weighted by Gasteiger charge is -2.25. The molecule has 1 aliphatic heterocycles. The molecule has 1 aliphatic rings.